The molecule has 138 valence electrons. The molecular weight excluding hydrogens is 320 g/mol. The number of carbonyl (C=O) groups is 1. The number of hydrogen-bond donors (Lipinski definition) is 1. The van der Waals surface area contributed by atoms with Gasteiger partial charge in [0.25, 0.3) is 0 Å². The van der Waals surface area contributed by atoms with E-state index < -0.39 is 5.60 Å². The minimum Gasteiger partial charge on any atom is -0.377 e. The highest BCUT2D eigenvalue weighted by atomic mass is 16.3. The molecule has 2 nitrogen and oxygen atoms in total. The Morgan fingerprint density at radius 3 is 2.73 bits per heavy atom. The summed E-state index contributed by atoms with van der Waals surface area (Å²) in [6, 6.07) is 0. The summed E-state index contributed by atoms with van der Waals surface area (Å²) < 4.78 is 0. The van der Waals surface area contributed by atoms with E-state index in [1.165, 1.54) is 24.8 Å². The van der Waals surface area contributed by atoms with Crippen molar-refractivity contribution in [1.29, 1.82) is 0 Å². The van der Waals surface area contributed by atoms with Crippen LogP contribution in [0, 0.1) is 64.1 Å². The van der Waals surface area contributed by atoms with E-state index in [4.69, 9.17) is 0 Å². The first kappa shape index (κ1) is 15.9. The van der Waals surface area contributed by atoms with Crippen molar-refractivity contribution >= 4 is 5.78 Å². The van der Waals surface area contributed by atoms with Gasteiger partial charge in [0.2, 0.25) is 0 Å². The highest BCUT2D eigenvalue weighted by Crippen LogP contribution is 2.80. The molecule has 0 radical (unpaired) electrons. The second-order valence-electron chi connectivity index (χ2n) is 10.8. The molecule has 0 aliphatic heterocycles. The minimum atomic E-state index is -0.758. The molecule has 1 N–H and O–H groups in total. The van der Waals surface area contributed by atoms with Gasteiger partial charge in [-0.15, -0.1) is 5.92 Å². The average molecular weight is 351 g/mol. The van der Waals surface area contributed by atoms with Crippen molar-refractivity contribution in [3.8, 4) is 11.8 Å². The van der Waals surface area contributed by atoms with Gasteiger partial charge in [-0.05, 0) is 86.0 Å². The standard InChI is InChI=1S/C24H30O2/c1-4-7-24(26)19-12-16(19)21-20-15-11-14(15)18-10-13(25)5-8-22(18,2)17(20)6-9-23(21,24)3/h10,14-17,19-21,26H,5-6,8-9,11-12H2,1-3H3/t14-,15?,16-,17?,19?,20?,21?,22-,23+,24+/m1/s1. The van der Waals surface area contributed by atoms with Gasteiger partial charge in [-0.1, -0.05) is 25.3 Å². The number of carbonyl (C=O) groups excluding carboxylic acids is 1. The Bertz CT molecular complexity index is 814. The highest BCUT2D eigenvalue weighted by Gasteiger charge is 2.78. The van der Waals surface area contributed by atoms with E-state index in [-0.39, 0.29) is 10.8 Å². The van der Waals surface area contributed by atoms with Crippen LogP contribution in [0.1, 0.15) is 59.3 Å². The summed E-state index contributed by atoms with van der Waals surface area (Å²) in [6.07, 6.45) is 8.62. The third-order valence-electron chi connectivity index (χ3n) is 10.0. The van der Waals surface area contributed by atoms with E-state index in [9.17, 15) is 9.90 Å². The van der Waals surface area contributed by atoms with Crippen LogP contribution in [-0.4, -0.2) is 16.5 Å². The van der Waals surface area contributed by atoms with E-state index in [2.05, 4.69) is 25.7 Å². The van der Waals surface area contributed by atoms with Crippen LogP contribution in [0.4, 0.5) is 0 Å². The first-order valence-corrected chi connectivity index (χ1v) is 10.8. The molecule has 26 heavy (non-hydrogen) atoms. The first-order valence-electron chi connectivity index (χ1n) is 10.8. The van der Waals surface area contributed by atoms with Gasteiger partial charge in [0.1, 0.15) is 5.60 Å². The minimum absolute atomic E-state index is 0.0278. The van der Waals surface area contributed by atoms with Crippen molar-refractivity contribution in [2.24, 2.45) is 52.3 Å². The predicted molar refractivity (Wildman–Crippen MR) is 99.8 cm³/mol. The monoisotopic (exact) mass is 350 g/mol. The molecule has 0 aromatic carbocycles. The molecule has 5 saturated carbocycles. The van der Waals surface area contributed by atoms with E-state index in [0.29, 0.717) is 35.4 Å². The van der Waals surface area contributed by atoms with Gasteiger partial charge in [0.05, 0.1) is 0 Å². The van der Waals surface area contributed by atoms with Crippen LogP contribution < -0.4 is 0 Å². The Morgan fingerprint density at radius 2 is 1.96 bits per heavy atom. The molecule has 5 unspecified atom stereocenters. The number of ketones is 1. The van der Waals surface area contributed by atoms with Crippen molar-refractivity contribution in [2.45, 2.75) is 64.9 Å². The molecular formula is C24H30O2. The fraction of sp³-hybridized carbons (Fsp3) is 0.792. The van der Waals surface area contributed by atoms with E-state index >= 15 is 0 Å². The van der Waals surface area contributed by atoms with Gasteiger partial charge < -0.3 is 5.11 Å². The second-order valence-corrected chi connectivity index (χ2v) is 10.8. The van der Waals surface area contributed by atoms with Crippen LogP contribution in [0.5, 0.6) is 0 Å². The zero-order valence-electron chi connectivity index (χ0n) is 16.2. The number of rotatable bonds is 0. The third-order valence-corrected chi connectivity index (χ3v) is 10.0. The summed E-state index contributed by atoms with van der Waals surface area (Å²) in [5.41, 5.74) is 0.961. The topological polar surface area (TPSA) is 37.3 Å². The van der Waals surface area contributed by atoms with Gasteiger partial charge in [-0.2, -0.15) is 0 Å². The van der Waals surface area contributed by atoms with Crippen molar-refractivity contribution in [2.75, 3.05) is 0 Å². The molecule has 10 atom stereocenters. The number of hydrogen-bond acceptors (Lipinski definition) is 2. The van der Waals surface area contributed by atoms with Crippen LogP contribution in [0.2, 0.25) is 0 Å². The summed E-state index contributed by atoms with van der Waals surface area (Å²) in [5.74, 6) is 11.4. The fourth-order valence-electron chi connectivity index (χ4n) is 8.81. The van der Waals surface area contributed by atoms with Gasteiger partial charge in [-0.25, -0.2) is 0 Å². The fourth-order valence-corrected chi connectivity index (χ4v) is 8.81. The second kappa shape index (κ2) is 4.49. The maximum absolute atomic E-state index is 12.1. The normalized spacial score (nSPS) is 61.0. The molecule has 2 heteroatoms. The quantitative estimate of drug-likeness (QED) is 0.671. The zero-order chi connectivity index (χ0) is 18.1. The summed E-state index contributed by atoms with van der Waals surface area (Å²) in [5, 5.41) is 11.6. The summed E-state index contributed by atoms with van der Waals surface area (Å²) in [6.45, 7) is 6.71. The van der Waals surface area contributed by atoms with Crippen LogP contribution in [0.25, 0.3) is 0 Å². The van der Waals surface area contributed by atoms with Crippen molar-refractivity contribution in [3.63, 3.8) is 0 Å². The molecule has 0 saturated heterocycles. The summed E-state index contributed by atoms with van der Waals surface area (Å²) in [7, 11) is 0. The smallest absolute Gasteiger partial charge is 0.155 e. The largest absolute Gasteiger partial charge is 0.377 e. The van der Waals surface area contributed by atoms with Crippen LogP contribution in [0.15, 0.2) is 11.6 Å². The molecule has 0 heterocycles. The van der Waals surface area contributed by atoms with Crippen molar-refractivity contribution < 1.29 is 9.90 Å². The third kappa shape index (κ3) is 1.57. The molecule has 0 spiro atoms. The van der Waals surface area contributed by atoms with Gasteiger partial charge >= 0.3 is 0 Å². The van der Waals surface area contributed by atoms with Crippen LogP contribution in [-0.2, 0) is 4.79 Å². The summed E-state index contributed by atoms with van der Waals surface area (Å²) >= 11 is 0. The molecule has 0 amide bonds. The predicted octanol–water partition coefficient (Wildman–Crippen LogP) is 3.98. The van der Waals surface area contributed by atoms with Gasteiger partial charge in [0.15, 0.2) is 5.78 Å². The first-order chi connectivity index (χ1) is 12.3. The SMILES string of the molecule is CC#C[C@]1(O)C2C[C@H]2C2C3C4C[C@H]4C4=CC(=O)CC[C@]4(C)C3CC[C@@]21C. The number of aliphatic hydroxyl groups is 1. The van der Waals surface area contributed by atoms with E-state index in [0.717, 1.165) is 31.1 Å². The maximum atomic E-state index is 12.1. The molecule has 0 bridgehead atoms. The molecule has 6 aliphatic rings. The lowest BCUT2D eigenvalue weighted by Gasteiger charge is -2.59. The summed E-state index contributed by atoms with van der Waals surface area (Å²) in [4.78, 5) is 12.1. The number of allylic oxidation sites excluding steroid dienone is 1. The van der Waals surface area contributed by atoms with Gasteiger partial charge in [-0.3, -0.25) is 4.79 Å². The molecule has 6 aliphatic carbocycles. The zero-order valence-corrected chi connectivity index (χ0v) is 16.2. The van der Waals surface area contributed by atoms with Crippen LogP contribution in [0.3, 0.4) is 0 Å². The Hall–Kier alpha value is -1.07. The number of fused-ring (bicyclic) bond motifs is 10. The maximum Gasteiger partial charge on any atom is 0.155 e. The van der Waals surface area contributed by atoms with E-state index in [1.54, 1.807) is 0 Å². The molecule has 0 aromatic heterocycles. The molecule has 6 rings (SSSR count). The van der Waals surface area contributed by atoms with Crippen LogP contribution >= 0.6 is 0 Å². The highest BCUT2D eigenvalue weighted by molar-refractivity contribution is 5.92. The lowest BCUT2D eigenvalue weighted by molar-refractivity contribution is -0.127. The lowest BCUT2D eigenvalue weighted by atomic mass is 9.45. The Labute approximate surface area is 156 Å². The van der Waals surface area contributed by atoms with Crippen molar-refractivity contribution in [3.05, 3.63) is 11.6 Å². The molecule has 0 aromatic rings. The van der Waals surface area contributed by atoms with Crippen molar-refractivity contribution in [1.82, 2.24) is 0 Å². The van der Waals surface area contributed by atoms with Gasteiger partial charge in [0, 0.05) is 17.8 Å². The average Bonchev–Trinajstić information content (AvgIpc) is 3.49. The Balaban J connectivity index is 1.46. The lowest BCUT2D eigenvalue weighted by Crippen LogP contribution is -2.57. The Kier molecular flexibility index (Phi) is 2.75. The Morgan fingerprint density at radius 1 is 1.15 bits per heavy atom. The van der Waals surface area contributed by atoms with E-state index in [1.807, 2.05) is 13.0 Å². The molecule has 5 fully saturated rings.